The van der Waals surface area contributed by atoms with Crippen LogP contribution in [0.5, 0.6) is 0 Å². The summed E-state index contributed by atoms with van der Waals surface area (Å²) in [4.78, 5) is 24.8. The summed E-state index contributed by atoms with van der Waals surface area (Å²) < 4.78 is 5.58. The molecule has 0 saturated heterocycles. The van der Waals surface area contributed by atoms with Crippen molar-refractivity contribution in [2.75, 3.05) is 5.43 Å². The highest BCUT2D eigenvalue weighted by Gasteiger charge is 2.06. The number of carboxylic acids is 1. The number of benzene rings is 1. The number of nitrogens with one attached hydrogen (secondary N) is 1. The van der Waals surface area contributed by atoms with Crippen LogP contribution in [0.2, 0.25) is 0 Å². The maximum absolute atomic E-state index is 10.9. The molecule has 0 saturated carbocycles. The van der Waals surface area contributed by atoms with Crippen molar-refractivity contribution in [1.82, 2.24) is 4.98 Å². The average molecular weight is 351 g/mol. The summed E-state index contributed by atoms with van der Waals surface area (Å²) in [7, 11) is 0. The van der Waals surface area contributed by atoms with Gasteiger partial charge in [-0.15, -0.1) is 0 Å². The van der Waals surface area contributed by atoms with Crippen LogP contribution >= 0.6 is 0 Å². The van der Waals surface area contributed by atoms with Crippen LogP contribution in [0, 0.1) is 10.1 Å². The molecular formula is C17H11N4O5-. The van der Waals surface area contributed by atoms with Gasteiger partial charge in [-0.25, -0.2) is 4.98 Å². The van der Waals surface area contributed by atoms with Gasteiger partial charge in [0.1, 0.15) is 23.5 Å². The molecule has 0 aliphatic carbocycles. The molecule has 0 unspecified atom stereocenters. The van der Waals surface area contributed by atoms with Crippen molar-refractivity contribution in [1.29, 1.82) is 0 Å². The summed E-state index contributed by atoms with van der Waals surface area (Å²) >= 11 is 0. The van der Waals surface area contributed by atoms with Gasteiger partial charge in [0.05, 0.1) is 17.1 Å². The second kappa shape index (κ2) is 7.26. The van der Waals surface area contributed by atoms with Crippen LogP contribution in [-0.4, -0.2) is 22.1 Å². The van der Waals surface area contributed by atoms with Crippen LogP contribution in [0.25, 0.3) is 11.3 Å². The standard InChI is InChI=1S/C17H12N4O5/c22-17(23)12-3-1-2-11(8-12)15-6-5-14(26-15)10-19-20-16-7-4-13(9-18-16)21(24)25/h1-10H,(H,18,20)(H,22,23)/p-1/b19-10-. The number of carboxylic acid groups (broad SMARTS) is 1. The number of nitrogens with zero attached hydrogens (tertiary/aromatic N) is 3. The van der Waals surface area contributed by atoms with Crippen LogP contribution in [0.1, 0.15) is 16.1 Å². The number of nitro groups is 1. The Morgan fingerprint density at radius 3 is 2.77 bits per heavy atom. The zero-order valence-electron chi connectivity index (χ0n) is 13.2. The summed E-state index contributed by atoms with van der Waals surface area (Å²) in [5, 5.41) is 25.4. The SMILES string of the molecule is O=C([O-])c1cccc(-c2ccc(/C=N\Nc3ccc([N+](=O)[O-])cn3)o2)c1. The molecule has 130 valence electrons. The van der Waals surface area contributed by atoms with E-state index in [1.807, 2.05) is 0 Å². The fraction of sp³-hybridized carbons (Fsp3) is 0. The van der Waals surface area contributed by atoms with E-state index in [1.54, 1.807) is 24.3 Å². The zero-order chi connectivity index (χ0) is 18.5. The molecule has 0 bridgehead atoms. The van der Waals surface area contributed by atoms with Gasteiger partial charge < -0.3 is 14.3 Å². The number of carbonyl (C=O) groups excluding carboxylic acids is 1. The third-order valence-electron chi connectivity index (χ3n) is 3.34. The van der Waals surface area contributed by atoms with Gasteiger partial charge in [-0.2, -0.15) is 5.10 Å². The highest BCUT2D eigenvalue weighted by molar-refractivity contribution is 5.87. The van der Waals surface area contributed by atoms with E-state index < -0.39 is 10.9 Å². The van der Waals surface area contributed by atoms with Crippen molar-refractivity contribution in [3.8, 4) is 11.3 Å². The van der Waals surface area contributed by atoms with Gasteiger partial charge in [0, 0.05) is 11.6 Å². The van der Waals surface area contributed by atoms with Crippen molar-refractivity contribution in [3.05, 3.63) is 76.2 Å². The van der Waals surface area contributed by atoms with E-state index in [2.05, 4.69) is 15.5 Å². The smallest absolute Gasteiger partial charge is 0.287 e. The Hall–Kier alpha value is -4.01. The maximum Gasteiger partial charge on any atom is 0.287 e. The highest BCUT2D eigenvalue weighted by Crippen LogP contribution is 2.22. The van der Waals surface area contributed by atoms with Crippen LogP contribution in [0.15, 0.2) is 64.2 Å². The van der Waals surface area contributed by atoms with Gasteiger partial charge in [-0.3, -0.25) is 15.5 Å². The molecule has 3 aromatic rings. The first-order valence-electron chi connectivity index (χ1n) is 7.34. The Balaban J connectivity index is 1.68. The second-order valence-corrected chi connectivity index (χ2v) is 5.10. The number of rotatable bonds is 6. The van der Waals surface area contributed by atoms with Crippen molar-refractivity contribution >= 4 is 23.7 Å². The number of carbonyl (C=O) groups is 1. The van der Waals surface area contributed by atoms with E-state index in [9.17, 15) is 20.0 Å². The molecule has 0 radical (unpaired) electrons. The Morgan fingerprint density at radius 2 is 2.08 bits per heavy atom. The van der Waals surface area contributed by atoms with Gasteiger partial charge in [-0.1, -0.05) is 18.2 Å². The summed E-state index contributed by atoms with van der Waals surface area (Å²) in [5.74, 6) is -0.0310. The summed E-state index contributed by atoms with van der Waals surface area (Å²) in [6, 6.07) is 12.3. The van der Waals surface area contributed by atoms with Gasteiger partial charge >= 0.3 is 0 Å². The predicted octanol–water partition coefficient (Wildman–Crippen LogP) is 2.06. The van der Waals surface area contributed by atoms with Gasteiger partial charge in [0.25, 0.3) is 5.69 Å². The van der Waals surface area contributed by atoms with Crippen LogP contribution < -0.4 is 10.5 Å². The fourth-order valence-electron chi connectivity index (χ4n) is 2.10. The average Bonchev–Trinajstić information content (AvgIpc) is 3.11. The Labute approximate surface area is 146 Å². The second-order valence-electron chi connectivity index (χ2n) is 5.10. The minimum Gasteiger partial charge on any atom is -0.545 e. The first-order valence-corrected chi connectivity index (χ1v) is 7.34. The lowest BCUT2D eigenvalue weighted by molar-refractivity contribution is -0.385. The molecule has 9 nitrogen and oxygen atoms in total. The summed E-state index contributed by atoms with van der Waals surface area (Å²) in [6.45, 7) is 0. The molecule has 3 rings (SSSR count). The van der Waals surface area contributed by atoms with Crippen LogP contribution in [-0.2, 0) is 0 Å². The molecule has 0 fully saturated rings. The molecule has 2 aromatic heterocycles. The molecule has 2 heterocycles. The lowest BCUT2D eigenvalue weighted by Crippen LogP contribution is -2.22. The predicted molar refractivity (Wildman–Crippen MR) is 90.6 cm³/mol. The molecule has 26 heavy (non-hydrogen) atoms. The number of aromatic nitrogens is 1. The molecule has 9 heteroatoms. The summed E-state index contributed by atoms with van der Waals surface area (Å²) in [6.07, 6.45) is 2.52. The maximum atomic E-state index is 10.9. The van der Waals surface area contributed by atoms with Gasteiger partial charge in [0.15, 0.2) is 0 Å². The topological polar surface area (TPSA) is 134 Å². The quantitative estimate of drug-likeness (QED) is 0.408. The number of aromatic carboxylic acids is 1. The Morgan fingerprint density at radius 1 is 1.23 bits per heavy atom. The number of furan rings is 1. The highest BCUT2D eigenvalue weighted by atomic mass is 16.6. The monoisotopic (exact) mass is 351 g/mol. The van der Waals surface area contributed by atoms with E-state index >= 15 is 0 Å². The third kappa shape index (κ3) is 3.90. The molecule has 0 aliphatic heterocycles. The van der Waals surface area contributed by atoms with Gasteiger partial charge in [-0.05, 0) is 29.8 Å². The first kappa shape index (κ1) is 16.8. The minimum absolute atomic E-state index is 0.0556. The zero-order valence-corrected chi connectivity index (χ0v) is 13.2. The number of hydrogen-bond donors (Lipinski definition) is 1. The Kier molecular flexibility index (Phi) is 4.70. The van der Waals surface area contributed by atoms with E-state index in [0.717, 1.165) is 6.20 Å². The lowest BCUT2D eigenvalue weighted by Gasteiger charge is -2.03. The summed E-state index contributed by atoms with van der Waals surface area (Å²) in [5.41, 5.74) is 3.15. The van der Waals surface area contributed by atoms with E-state index in [-0.39, 0.29) is 11.3 Å². The fourth-order valence-corrected chi connectivity index (χ4v) is 2.10. The molecule has 0 amide bonds. The van der Waals surface area contributed by atoms with Crippen molar-refractivity contribution in [3.63, 3.8) is 0 Å². The van der Waals surface area contributed by atoms with E-state index in [0.29, 0.717) is 22.9 Å². The minimum atomic E-state index is -1.26. The normalized spacial score (nSPS) is 10.8. The lowest BCUT2D eigenvalue weighted by atomic mass is 10.1. The molecule has 1 aromatic carbocycles. The molecule has 0 atom stereocenters. The Bertz CT molecular complexity index is 979. The first-order chi connectivity index (χ1) is 12.5. The molecule has 0 aliphatic rings. The van der Waals surface area contributed by atoms with Crippen molar-refractivity contribution < 1.29 is 19.2 Å². The number of hydrogen-bond acceptors (Lipinski definition) is 8. The van der Waals surface area contributed by atoms with Gasteiger partial charge in [0.2, 0.25) is 0 Å². The van der Waals surface area contributed by atoms with Crippen molar-refractivity contribution in [2.45, 2.75) is 0 Å². The molecule has 0 spiro atoms. The number of hydrazone groups is 1. The molecular weight excluding hydrogens is 340 g/mol. The van der Waals surface area contributed by atoms with E-state index in [4.69, 9.17) is 4.42 Å². The van der Waals surface area contributed by atoms with Crippen LogP contribution in [0.4, 0.5) is 11.5 Å². The van der Waals surface area contributed by atoms with E-state index in [1.165, 1.54) is 30.5 Å². The third-order valence-corrected chi connectivity index (χ3v) is 3.34. The molecule has 1 N–H and O–H groups in total. The number of anilines is 1. The number of pyridine rings is 1. The van der Waals surface area contributed by atoms with Crippen LogP contribution in [0.3, 0.4) is 0 Å². The van der Waals surface area contributed by atoms with Crippen molar-refractivity contribution in [2.24, 2.45) is 5.10 Å². The largest absolute Gasteiger partial charge is 0.545 e.